The Morgan fingerprint density at radius 1 is 1.05 bits per heavy atom. The van der Waals surface area contributed by atoms with Gasteiger partial charge in [-0.1, -0.05) is 38.7 Å². The van der Waals surface area contributed by atoms with E-state index in [9.17, 15) is 18.0 Å². The van der Waals surface area contributed by atoms with Crippen molar-refractivity contribution < 1.29 is 22.7 Å². The van der Waals surface area contributed by atoms with Crippen molar-refractivity contribution in [1.29, 1.82) is 0 Å². The van der Waals surface area contributed by atoms with Gasteiger partial charge in [0.2, 0.25) is 0 Å². The third kappa shape index (κ3) is 15.1. The number of carbonyl (C=O) groups is 1. The van der Waals surface area contributed by atoms with E-state index in [4.69, 9.17) is 4.74 Å². The Morgan fingerprint density at radius 2 is 1.75 bits per heavy atom. The minimum absolute atomic E-state index is 0.202. The van der Waals surface area contributed by atoms with E-state index in [1.54, 1.807) is 0 Å². The number of unbranched alkanes of at least 4 members (excludes halogenated alkanes) is 6. The van der Waals surface area contributed by atoms with Crippen molar-refractivity contribution in [2.45, 2.75) is 70.9 Å². The molecule has 0 aliphatic heterocycles. The van der Waals surface area contributed by atoms with E-state index < -0.39 is 6.18 Å². The fourth-order valence-corrected chi connectivity index (χ4v) is 1.71. The molecule has 118 valence electrons. The predicted molar refractivity (Wildman–Crippen MR) is 73.4 cm³/mol. The Balaban J connectivity index is 3.33. The molecule has 0 heterocycles. The van der Waals surface area contributed by atoms with Crippen molar-refractivity contribution in [3.8, 4) is 0 Å². The highest BCUT2D eigenvalue weighted by Crippen LogP contribution is 2.16. The predicted octanol–water partition coefficient (Wildman–Crippen LogP) is 5.18. The van der Waals surface area contributed by atoms with Crippen LogP contribution in [0.25, 0.3) is 0 Å². The second kappa shape index (κ2) is 11.8. The average molecular weight is 294 g/mol. The van der Waals surface area contributed by atoms with Crippen LogP contribution in [0.1, 0.15) is 64.7 Å². The maximum atomic E-state index is 11.8. The Hall–Kier alpha value is -1.00. The van der Waals surface area contributed by atoms with Gasteiger partial charge in [0.25, 0.3) is 0 Å². The SMILES string of the molecule is CCCCCCCC(=O)OCCCC/C=C/C(F)(F)F. The van der Waals surface area contributed by atoms with Gasteiger partial charge >= 0.3 is 12.1 Å². The summed E-state index contributed by atoms with van der Waals surface area (Å²) in [5.41, 5.74) is 0. The first-order valence-corrected chi connectivity index (χ1v) is 7.35. The van der Waals surface area contributed by atoms with Crippen LogP contribution in [0, 0.1) is 0 Å². The smallest absolute Gasteiger partial charge is 0.409 e. The Kier molecular flexibility index (Phi) is 11.2. The first kappa shape index (κ1) is 19.0. The van der Waals surface area contributed by atoms with Crippen LogP contribution in [0.2, 0.25) is 0 Å². The van der Waals surface area contributed by atoms with Crippen molar-refractivity contribution in [3.63, 3.8) is 0 Å². The number of halogens is 3. The maximum Gasteiger partial charge on any atom is 0.409 e. The molecule has 0 N–H and O–H groups in total. The van der Waals surface area contributed by atoms with Gasteiger partial charge in [0, 0.05) is 12.5 Å². The number of alkyl halides is 3. The summed E-state index contributed by atoms with van der Waals surface area (Å²) in [6.07, 6.45) is 4.53. The molecule has 0 aromatic carbocycles. The standard InChI is InChI=1S/C15H25F3O2/c1-2-3-4-5-8-11-14(19)20-13-10-7-6-9-12-15(16,17)18/h9,12H,2-8,10-11,13H2,1H3/b12-9+. The van der Waals surface area contributed by atoms with Crippen LogP contribution in [0.4, 0.5) is 13.2 Å². The zero-order valence-corrected chi connectivity index (χ0v) is 12.2. The summed E-state index contributed by atoms with van der Waals surface area (Å²) in [5.74, 6) is -0.202. The van der Waals surface area contributed by atoms with Crippen molar-refractivity contribution in [1.82, 2.24) is 0 Å². The van der Waals surface area contributed by atoms with Crippen LogP contribution >= 0.6 is 0 Å². The summed E-state index contributed by atoms with van der Waals surface area (Å²) >= 11 is 0. The molecule has 0 saturated carbocycles. The molecule has 0 aliphatic rings. The zero-order chi connectivity index (χ0) is 15.3. The molecule has 0 spiro atoms. The topological polar surface area (TPSA) is 26.3 Å². The van der Waals surface area contributed by atoms with E-state index >= 15 is 0 Å². The quantitative estimate of drug-likeness (QED) is 0.298. The molecule has 0 aromatic heterocycles. The summed E-state index contributed by atoms with van der Waals surface area (Å²) < 4.78 is 40.3. The van der Waals surface area contributed by atoms with E-state index in [0.29, 0.717) is 32.3 Å². The molecular weight excluding hydrogens is 269 g/mol. The molecule has 0 bridgehead atoms. The van der Waals surface area contributed by atoms with Crippen molar-refractivity contribution in [3.05, 3.63) is 12.2 Å². The first-order valence-electron chi connectivity index (χ1n) is 7.35. The van der Waals surface area contributed by atoms with Gasteiger partial charge in [-0.05, 0) is 25.7 Å². The van der Waals surface area contributed by atoms with Crippen LogP contribution in [0.15, 0.2) is 12.2 Å². The molecule has 0 unspecified atom stereocenters. The van der Waals surface area contributed by atoms with Crippen molar-refractivity contribution >= 4 is 5.97 Å². The molecule has 0 fully saturated rings. The van der Waals surface area contributed by atoms with Crippen molar-refractivity contribution in [2.24, 2.45) is 0 Å². The highest BCUT2D eigenvalue weighted by Gasteiger charge is 2.21. The molecule has 0 amide bonds. The summed E-state index contributed by atoms with van der Waals surface area (Å²) in [7, 11) is 0. The molecule has 2 nitrogen and oxygen atoms in total. The second-order valence-electron chi connectivity index (χ2n) is 4.82. The number of carbonyl (C=O) groups excluding carboxylic acids is 1. The second-order valence-corrected chi connectivity index (χ2v) is 4.82. The highest BCUT2D eigenvalue weighted by molar-refractivity contribution is 5.69. The normalized spacial score (nSPS) is 12.0. The van der Waals surface area contributed by atoms with Gasteiger partial charge in [-0.25, -0.2) is 0 Å². The maximum absolute atomic E-state index is 11.8. The Bertz CT molecular complexity index is 273. The van der Waals surface area contributed by atoms with Gasteiger partial charge in [0.15, 0.2) is 0 Å². The largest absolute Gasteiger partial charge is 0.466 e. The molecule has 20 heavy (non-hydrogen) atoms. The van der Waals surface area contributed by atoms with Crippen LogP contribution < -0.4 is 0 Å². The minimum Gasteiger partial charge on any atom is -0.466 e. The molecular formula is C15H25F3O2. The van der Waals surface area contributed by atoms with Gasteiger partial charge in [0.1, 0.15) is 0 Å². The summed E-state index contributed by atoms with van der Waals surface area (Å²) in [6, 6.07) is 0. The zero-order valence-electron chi connectivity index (χ0n) is 12.2. The number of rotatable bonds is 11. The van der Waals surface area contributed by atoms with E-state index in [1.165, 1.54) is 12.8 Å². The van der Waals surface area contributed by atoms with Gasteiger partial charge < -0.3 is 4.74 Å². The minimum atomic E-state index is -4.23. The number of esters is 1. The monoisotopic (exact) mass is 294 g/mol. The lowest BCUT2D eigenvalue weighted by Gasteiger charge is -2.04. The lowest BCUT2D eigenvalue weighted by Crippen LogP contribution is -2.05. The molecule has 0 aromatic rings. The fourth-order valence-electron chi connectivity index (χ4n) is 1.71. The van der Waals surface area contributed by atoms with Crippen LogP contribution in [0.3, 0.4) is 0 Å². The van der Waals surface area contributed by atoms with Gasteiger partial charge in [0.05, 0.1) is 6.61 Å². The Morgan fingerprint density at radius 3 is 2.40 bits per heavy atom. The summed E-state index contributed by atoms with van der Waals surface area (Å²) in [6.45, 7) is 2.44. The lowest BCUT2D eigenvalue weighted by molar-refractivity contribution is -0.143. The molecule has 0 radical (unpaired) electrons. The van der Waals surface area contributed by atoms with Crippen LogP contribution in [0.5, 0.6) is 0 Å². The summed E-state index contributed by atoms with van der Waals surface area (Å²) in [4.78, 5) is 11.3. The molecule has 0 atom stereocenters. The fraction of sp³-hybridized carbons (Fsp3) is 0.800. The lowest BCUT2D eigenvalue weighted by atomic mass is 10.1. The van der Waals surface area contributed by atoms with Crippen molar-refractivity contribution in [2.75, 3.05) is 6.61 Å². The number of allylic oxidation sites excluding steroid dienone is 2. The number of hydrogen-bond acceptors (Lipinski definition) is 2. The first-order chi connectivity index (χ1) is 9.45. The van der Waals surface area contributed by atoms with E-state index in [0.717, 1.165) is 25.3 Å². The summed E-state index contributed by atoms with van der Waals surface area (Å²) in [5, 5.41) is 0. The third-order valence-corrected chi connectivity index (χ3v) is 2.82. The number of hydrogen-bond donors (Lipinski definition) is 0. The number of ether oxygens (including phenoxy) is 1. The highest BCUT2D eigenvalue weighted by atomic mass is 19.4. The van der Waals surface area contributed by atoms with Gasteiger partial charge in [-0.3, -0.25) is 4.79 Å². The molecule has 5 heteroatoms. The van der Waals surface area contributed by atoms with Gasteiger partial charge in [-0.2, -0.15) is 13.2 Å². The average Bonchev–Trinajstić information content (AvgIpc) is 2.36. The molecule has 0 saturated heterocycles. The third-order valence-electron chi connectivity index (χ3n) is 2.82. The Labute approximate surface area is 119 Å². The van der Waals surface area contributed by atoms with E-state index in [-0.39, 0.29) is 12.0 Å². The van der Waals surface area contributed by atoms with Crippen LogP contribution in [-0.4, -0.2) is 18.8 Å². The molecule has 0 aliphatic carbocycles. The molecule has 0 rings (SSSR count). The van der Waals surface area contributed by atoms with Crippen LogP contribution in [-0.2, 0) is 9.53 Å². The van der Waals surface area contributed by atoms with E-state index in [2.05, 4.69) is 6.92 Å². The van der Waals surface area contributed by atoms with E-state index in [1.807, 2.05) is 0 Å². The van der Waals surface area contributed by atoms with Gasteiger partial charge in [-0.15, -0.1) is 0 Å².